The van der Waals surface area contributed by atoms with E-state index in [9.17, 15) is 8.42 Å². The number of aryl methyl sites for hydroxylation is 1. The zero-order valence-corrected chi connectivity index (χ0v) is 12.8. The van der Waals surface area contributed by atoms with Gasteiger partial charge in [0.15, 0.2) is 5.82 Å². The van der Waals surface area contributed by atoms with Gasteiger partial charge in [-0.15, -0.1) is 0 Å². The fraction of sp³-hybridized carbons (Fsp3) is 0.273. The summed E-state index contributed by atoms with van der Waals surface area (Å²) in [6.45, 7) is 0.253. The summed E-state index contributed by atoms with van der Waals surface area (Å²) in [5.74, 6) is 5.40. The highest BCUT2D eigenvalue weighted by molar-refractivity contribution is 7.89. The molecular weight excluding hydrogens is 316 g/mol. The van der Waals surface area contributed by atoms with Crippen LogP contribution >= 0.6 is 11.6 Å². The lowest BCUT2D eigenvalue weighted by Crippen LogP contribution is -2.26. The van der Waals surface area contributed by atoms with E-state index < -0.39 is 10.0 Å². The van der Waals surface area contributed by atoms with E-state index in [0.717, 1.165) is 5.56 Å². The summed E-state index contributed by atoms with van der Waals surface area (Å²) in [7, 11) is -1.86. The van der Waals surface area contributed by atoms with E-state index in [2.05, 4.69) is 20.2 Å². The van der Waals surface area contributed by atoms with Gasteiger partial charge in [-0.05, 0) is 18.1 Å². The predicted molar refractivity (Wildman–Crippen MR) is 79.2 cm³/mol. The molecule has 0 aliphatic heterocycles. The molecule has 0 atom stereocenters. The van der Waals surface area contributed by atoms with Crippen LogP contribution in [0.5, 0.6) is 0 Å². The summed E-state index contributed by atoms with van der Waals surface area (Å²) in [6, 6.07) is 1.29. The van der Waals surface area contributed by atoms with E-state index in [1.165, 1.54) is 12.3 Å². The Labute approximate surface area is 127 Å². The van der Waals surface area contributed by atoms with Crippen LogP contribution in [0.2, 0.25) is 5.02 Å². The van der Waals surface area contributed by atoms with E-state index in [4.69, 9.17) is 17.4 Å². The SMILES string of the molecule is Cn1cc(CCNS(=O)(=O)c2cnc(NN)c(Cl)c2)cn1. The van der Waals surface area contributed by atoms with Gasteiger partial charge in [0, 0.05) is 26.0 Å². The summed E-state index contributed by atoms with van der Waals surface area (Å²) in [5, 5.41) is 4.15. The fourth-order valence-electron chi connectivity index (χ4n) is 1.69. The Morgan fingerprint density at radius 3 is 2.76 bits per heavy atom. The number of nitrogen functional groups attached to an aromatic ring is 1. The van der Waals surface area contributed by atoms with Crippen LogP contribution in [-0.2, 0) is 23.5 Å². The minimum atomic E-state index is -3.66. The average molecular weight is 331 g/mol. The number of anilines is 1. The third-order valence-electron chi connectivity index (χ3n) is 2.73. The van der Waals surface area contributed by atoms with Crippen molar-refractivity contribution >= 4 is 27.4 Å². The van der Waals surface area contributed by atoms with Crippen molar-refractivity contribution < 1.29 is 8.42 Å². The van der Waals surface area contributed by atoms with E-state index in [1.807, 2.05) is 6.20 Å². The Hall–Kier alpha value is -1.68. The number of pyridine rings is 1. The van der Waals surface area contributed by atoms with Crippen molar-refractivity contribution in [1.82, 2.24) is 19.5 Å². The molecule has 0 bridgehead atoms. The number of aromatic nitrogens is 3. The largest absolute Gasteiger partial charge is 0.307 e. The predicted octanol–water partition coefficient (Wildman–Crippen LogP) is 0.275. The highest BCUT2D eigenvalue weighted by atomic mass is 35.5. The molecule has 0 aliphatic carbocycles. The number of nitrogens with one attached hydrogen (secondary N) is 2. The molecule has 0 aliphatic rings. The van der Waals surface area contributed by atoms with Crippen LogP contribution < -0.4 is 16.0 Å². The van der Waals surface area contributed by atoms with Gasteiger partial charge in [0.1, 0.15) is 4.90 Å². The summed E-state index contributed by atoms with van der Waals surface area (Å²) in [6.07, 6.45) is 5.24. The first-order valence-corrected chi connectivity index (χ1v) is 7.88. The first-order chi connectivity index (χ1) is 9.92. The van der Waals surface area contributed by atoms with Crippen molar-refractivity contribution in [2.45, 2.75) is 11.3 Å². The minimum absolute atomic E-state index is 0.0160. The number of halogens is 1. The molecule has 0 aromatic carbocycles. The number of sulfonamides is 1. The first-order valence-electron chi connectivity index (χ1n) is 6.02. The van der Waals surface area contributed by atoms with Gasteiger partial charge in [0.25, 0.3) is 0 Å². The van der Waals surface area contributed by atoms with Crippen LogP contribution in [0, 0.1) is 0 Å². The lowest BCUT2D eigenvalue weighted by atomic mass is 10.3. The number of nitrogens with two attached hydrogens (primary N) is 1. The van der Waals surface area contributed by atoms with Crippen molar-refractivity contribution in [2.75, 3.05) is 12.0 Å². The summed E-state index contributed by atoms with van der Waals surface area (Å²) >= 11 is 5.86. The van der Waals surface area contributed by atoms with Gasteiger partial charge in [-0.1, -0.05) is 11.6 Å². The topological polar surface area (TPSA) is 115 Å². The summed E-state index contributed by atoms with van der Waals surface area (Å²) < 4.78 is 28.3. The second kappa shape index (κ2) is 6.39. The Morgan fingerprint density at radius 2 is 2.19 bits per heavy atom. The van der Waals surface area contributed by atoms with Gasteiger partial charge in [0.05, 0.1) is 11.2 Å². The Bertz CT molecular complexity index is 730. The van der Waals surface area contributed by atoms with Crippen LogP contribution in [0.15, 0.2) is 29.6 Å². The van der Waals surface area contributed by atoms with E-state index in [1.54, 1.807) is 17.9 Å². The lowest BCUT2D eigenvalue weighted by molar-refractivity contribution is 0.581. The van der Waals surface area contributed by atoms with Crippen LogP contribution in [0.4, 0.5) is 5.82 Å². The number of hydrogen-bond acceptors (Lipinski definition) is 6. The van der Waals surface area contributed by atoms with Crippen molar-refractivity contribution in [3.05, 3.63) is 35.2 Å². The molecule has 0 radical (unpaired) electrons. The molecule has 114 valence electrons. The monoisotopic (exact) mass is 330 g/mol. The highest BCUT2D eigenvalue weighted by Gasteiger charge is 2.16. The van der Waals surface area contributed by atoms with Crippen LogP contribution in [-0.4, -0.2) is 29.7 Å². The highest BCUT2D eigenvalue weighted by Crippen LogP contribution is 2.21. The molecule has 10 heteroatoms. The summed E-state index contributed by atoms with van der Waals surface area (Å²) in [5.41, 5.74) is 3.22. The molecule has 0 fully saturated rings. The Kier molecular flexibility index (Phi) is 4.78. The molecule has 0 saturated carbocycles. The quantitative estimate of drug-likeness (QED) is 0.517. The maximum absolute atomic E-state index is 12.1. The van der Waals surface area contributed by atoms with Gasteiger partial charge >= 0.3 is 0 Å². The van der Waals surface area contributed by atoms with Crippen molar-refractivity contribution in [3.63, 3.8) is 0 Å². The third-order valence-corrected chi connectivity index (χ3v) is 4.44. The van der Waals surface area contributed by atoms with E-state index >= 15 is 0 Å². The zero-order valence-electron chi connectivity index (χ0n) is 11.2. The minimum Gasteiger partial charge on any atom is -0.307 e. The van der Waals surface area contributed by atoms with Gasteiger partial charge in [-0.3, -0.25) is 4.68 Å². The molecule has 2 aromatic heterocycles. The number of hydrazine groups is 1. The number of hydrogen-bond donors (Lipinski definition) is 3. The maximum Gasteiger partial charge on any atom is 0.242 e. The van der Waals surface area contributed by atoms with Crippen LogP contribution in [0.25, 0.3) is 0 Å². The molecule has 2 rings (SSSR count). The van der Waals surface area contributed by atoms with Gasteiger partial charge in [-0.25, -0.2) is 24.0 Å². The standard InChI is InChI=1S/C11H15ClN6O2S/c1-18-7-8(5-15-18)2-3-16-21(19,20)9-4-10(12)11(17-13)14-6-9/h4-7,16H,2-3,13H2,1H3,(H,14,17). The molecule has 0 saturated heterocycles. The van der Waals surface area contributed by atoms with Crippen LogP contribution in [0.1, 0.15) is 5.56 Å². The molecule has 2 aromatic rings. The molecule has 0 unspecified atom stereocenters. The van der Waals surface area contributed by atoms with Crippen molar-refractivity contribution in [2.24, 2.45) is 12.9 Å². The van der Waals surface area contributed by atoms with Gasteiger partial charge < -0.3 is 5.43 Å². The normalized spacial score (nSPS) is 11.6. The molecule has 8 nitrogen and oxygen atoms in total. The average Bonchev–Trinajstić information content (AvgIpc) is 2.84. The van der Waals surface area contributed by atoms with Gasteiger partial charge in [0.2, 0.25) is 10.0 Å². The van der Waals surface area contributed by atoms with Crippen LogP contribution in [0.3, 0.4) is 0 Å². The third kappa shape index (κ3) is 3.91. The van der Waals surface area contributed by atoms with Crippen molar-refractivity contribution in [3.8, 4) is 0 Å². The molecule has 2 heterocycles. The zero-order chi connectivity index (χ0) is 15.5. The maximum atomic E-state index is 12.1. The molecule has 21 heavy (non-hydrogen) atoms. The number of nitrogens with zero attached hydrogens (tertiary/aromatic N) is 3. The molecule has 0 amide bonds. The lowest BCUT2D eigenvalue weighted by Gasteiger charge is -2.08. The van der Waals surface area contributed by atoms with E-state index in [-0.39, 0.29) is 22.3 Å². The molecular formula is C11H15ClN6O2S. The smallest absolute Gasteiger partial charge is 0.242 e. The molecule has 0 spiro atoms. The van der Waals surface area contributed by atoms with Gasteiger partial charge in [-0.2, -0.15) is 5.10 Å². The number of rotatable bonds is 6. The van der Waals surface area contributed by atoms with E-state index in [0.29, 0.717) is 6.42 Å². The fourth-order valence-corrected chi connectivity index (χ4v) is 2.98. The first kappa shape index (κ1) is 15.7. The second-order valence-electron chi connectivity index (χ2n) is 4.32. The second-order valence-corrected chi connectivity index (χ2v) is 6.49. The Morgan fingerprint density at radius 1 is 1.43 bits per heavy atom. The van der Waals surface area contributed by atoms with Crippen molar-refractivity contribution in [1.29, 1.82) is 0 Å². The summed E-state index contributed by atoms with van der Waals surface area (Å²) in [4.78, 5) is 3.82. The molecule has 4 N–H and O–H groups in total. The Balaban J connectivity index is 2.02.